The number of nitrogens with zero attached hydrogens (tertiary/aromatic N) is 2. The van der Waals surface area contributed by atoms with E-state index in [4.69, 9.17) is 18.9 Å². The Morgan fingerprint density at radius 2 is 1.56 bits per heavy atom. The van der Waals surface area contributed by atoms with Crippen LogP contribution in [0.3, 0.4) is 0 Å². The molecule has 2 aromatic rings. The quantitative estimate of drug-likeness (QED) is 0.569. The topological polar surface area (TPSA) is 89.6 Å². The maximum atomic E-state index is 13.5. The molecule has 1 N–H and O–H groups in total. The molecule has 2 aromatic carbocycles. The summed E-state index contributed by atoms with van der Waals surface area (Å²) in [7, 11) is 6.38. The number of nitrogens with one attached hydrogen (secondary N) is 1. The number of amides is 2. The molecule has 36 heavy (non-hydrogen) atoms. The number of likely N-dealkylation sites (tertiary alicyclic amines) is 1. The second kappa shape index (κ2) is 11.5. The summed E-state index contributed by atoms with van der Waals surface area (Å²) in [5.74, 6) is 2.57. The maximum absolute atomic E-state index is 13.5. The third kappa shape index (κ3) is 5.51. The molecule has 1 saturated heterocycles. The summed E-state index contributed by atoms with van der Waals surface area (Å²) in [5.41, 5.74) is 2.92. The number of ether oxygens (including phenoxy) is 4. The van der Waals surface area contributed by atoms with E-state index in [2.05, 4.69) is 10.2 Å². The van der Waals surface area contributed by atoms with Gasteiger partial charge < -0.3 is 29.2 Å². The van der Waals surface area contributed by atoms with Crippen molar-refractivity contribution in [1.82, 2.24) is 9.80 Å². The van der Waals surface area contributed by atoms with E-state index in [1.54, 1.807) is 46.6 Å². The first-order valence-corrected chi connectivity index (χ1v) is 12.3. The molecule has 4 rings (SSSR count). The van der Waals surface area contributed by atoms with Crippen LogP contribution in [0.15, 0.2) is 30.3 Å². The summed E-state index contributed by atoms with van der Waals surface area (Å²) in [5, 5.41) is 2.91. The fourth-order valence-corrected chi connectivity index (χ4v) is 5.04. The zero-order valence-corrected chi connectivity index (χ0v) is 21.5. The van der Waals surface area contributed by atoms with E-state index in [9.17, 15) is 9.59 Å². The lowest BCUT2D eigenvalue weighted by Crippen LogP contribution is -2.47. The predicted octanol–water partition coefficient (Wildman–Crippen LogP) is 3.10. The minimum absolute atomic E-state index is 0.103. The number of benzene rings is 2. The first-order valence-electron chi connectivity index (χ1n) is 12.3. The number of hydrogen-bond donors (Lipinski definition) is 1. The zero-order chi connectivity index (χ0) is 25.7. The average Bonchev–Trinajstić information content (AvgIpc) is 3.38. The van der Waals surface area contributed by atoms with E-state index in [-0.39, 0.29) is 17.9 Å². The van der Waals surface area contributed by atoms with Gasteiger partial charge in [-0.3, -0.25) is 14.5 Å². The molecule has 0 aromatic heterocycles. The molecule has 0 unspecified atom stereocenters. The number of rotatable bonds is 9. The van der Waals surface area contributed by atoms with Crippen LogP contribution in [0.1, 0.15) is 30.4 Å². The van der Waals surface area contributed by atoms with Crippen molar-refractivity contribution >= 4 is 17.5 Å². The molecular weight excluding hydrogens is 462 g/mol. The van der Waals surface area contributed by atoms with Gasteiger partial charge in [0.05, 0.1) is 34.5 Å². The average molecular weight is 498 g/mol. The van der Waals surface area contributed by atoms with E-state index < -0.39 is 0 Å². The molecular formula is C27H35N3O6. The predicted molar refractivity (Wildman–Crippen MR) is 136 cm³/mol. The summed E-state index contributed by atoms with van der Waals surface area (Å²) in [6.45, 7) is 2.57. The highest BCUT2D eigenvalue weighted by molar-refractivity contribution is 5.91. The number of anilines is 1. The van der Waals surface area contributed by atoms with Crippen molar-refractivity contribution in [3.8, 4) is 23.0 Å². The monoisotopic (exact) mass is 497 g/mol. The highest BCUT2D eigenvalue weighted by atomic mass is 16.5. The van der Waals surface area contributed by atoms with Crippen LogP contribution in [0.4, 0.5) is 5.69 Å². The molecule has 2 amide bonds. The molecule has 9 nitrogen and oxygen atoms in total. The van der Waals surface area contributed by atoms with Crippen molar-refractivity contribution in [2.24, 2.45) is 0 Å². The minimum atomic E-state index is -0.194. The molecule has 2 heterocycles. The fourth-order valence-electron chi connectivity index (χ4n) is 5.04. The molecule has 1 fully saturated rings. The Labute approximate surface area is 212 Å². The summed E-state index contributed by atoms with van der Waals surface area (Å²) in [4.78, 5) is 30.2. The Morgan fingerprint density at radius 3 is 2.25 bits per heavy atom. The standard InChI is InChI=1S/C27H35N3O6/c1-33-22-8-7-20(16-25(22)36-4)28-26(31)10-13-29-11-5-6-21(29)27(32)30-12-9-18-14-23(34-2)24(35-3)15-19(18)17-30/h7-8,14-16,21H,5-6,9-13,17H2,1-4H3,(H,28,31)/t21-/m0/s1. The fraction of sp³-hybridized carbons (Fsp3) is 0.481. The Morgan fingerprint density at radius 1 is 0.889 bits per heavy atom. The Kier molecular flexibility index (Phi) is 8.20. The van der Waals surface area contributed by atoms with Crippen molar-refractivity contribution < 1.29 is 28.5 Å². The van der Waals surface area contributed by atoms with E-state index in [1.807, 2.05) is 17.0 Å². The van der Waals surface area contributed by atoms with Crippen LogP contribution < -0.4 is 24.3 Å². The highest BCUT2D eigenvalue weighted by Gasteiger charge is 2.35. The summed E-state index contributed by atoms with van der Waals surface area (Å²) in [6, 6.07) is 9.05. The number of methoxy groups -OCH3 is 4. The van der Waals surface area contributed by atoms with Crippen molar-refractivity contribution in [2.75, 3.05) is 53.4 Å². The lowest BCUT2D eigenvalue weighted by Gasteiger charge is -2.34. The van der Waals surface area contributed by atoms with E-state index in [1.165, 1.54) is 5.56 Å². The van der Waals surface area contributed by atoms with Gasteiger partial charge in [-0.05, 0) is 61.2 Å². The Balaban J connectivity index is 1.34. The normalized spacial score (nSPS) is 17.3. The van der Waals surface area contributed by atoms with Crippen molar-refractivity contribution in [3.63, 3.8) is 0 Å². The minimum Gasteiger partial charge on any atom is -0.493 e. The Hall–Kier alpha value is -3.46. The van der Waals surface area contributed by atoms with Gasteiger partial charge in [0, 0.05) is 37.8 Å². The van der Waals surface area contributed by atoms with Crippen molar-refractivity contribution in [1.29, 1.82) is 0 Å². The van der Waals surface area contributed by atoms with Crippen LogP contribution in [-0.2, 0) is 22.6 Å². The molecule has 0 spiro atoms. The van der Waals surface area contributed by atoms with E-state index in [0.29, 0.717) is 54.7 Å². The van der Waals surface area contributed by atoms with Crippen LogP contribution in [0.2, 0.25) is 0 Å². The lowest BCUT2D eigenvalue weighted by atomic mass is 9.98. The van der Waals surface area contributed by atoms with Gasteiger partial charge in [-0.15, -0.1) is 0 Å². The molecule has 0 bridgehead atoms. The van der Waals surface area contributed by atoms with Gasteiger partial charge >= 0.3 is 0 Å². The smallest absolute Gasteiger partial charge is 0.240 e. The van der Waals surface area contributed by atoms with Gasteiger partial charge in [-0.1, -0.05) is 0 Å². The molecule has 194 valence electrons. The first kappa shape index (κ1) is 25.6. The van der Waals surface area contributed by atoms with Gasteiger partial charge in [-0.25, -0.2) is 0 Å². The number of carbonyl (C=O) groups is 2. The summed E-state index contributed by atoms with van der Waals surface area (Å²) in [6.07, 6.45) is 2.84. The van der Waals surface area contributed by atoms with E-state index in [0.717, 1.165) is 31.4 Å². The summed E-state index contributed by atoms with van der Waals surface area (Å²) >= 11 is 0. The van der Waals surface area contributed by atoms with Crippen LogP contribution >= 0.6 is 0 Å². The largest absolute Gasteiger partial charge is 0.493 e. The third-order valence-electron chi connectivity index (χ3n) is 6.97. The maximum Gasteiger partial charge on any atom is 0.240 e. The number of hydrogen-bond acceptors (Lipinski definition) is 7. The van der Waals surface area contributed by atoms with Crippen LogP contribution in [0.25, 0.3) is 0 Å². The van der Waals surface area contributed by atoms with Gasteiger partial charge in [-0.2, -0.15) is 0 Å². The van der Waals surface area contributed by atoms with Gasteiger partial charge in [0.2, 0.25) is 11.8 Å². The molecule has 1 atom stereocenters. The SMILES string of the molecule is COc1ccc(NC(=O)CCN2CCC[C@H]2C(=O)N2CCc3cc(OC)c(OC)cc3C2)cc1OC. The molecule has 2 aliphatic rings. The van der Waals surface area contributed by atoms with Gasteiger partial charge in [0.1, 0.15) is 0 Å². The number of fused-ring (bicyclic) bond motifs is 1. The second-order valence-corrected chi connectivity index (χ2v) is 9.05. The second-order valence-electron chi connectivity index (χ2n) is 9.05. The lowest BCUT2D eigenvalue weighted by molar-refractivity contribution is -0.137. The van der Waals surface area contributed by atoms with Gasteiger partial charge in [0.15, 0.2) is 23.0 Å². The zero-order valence-electron chi connectivity index (χ0n) is 21.5. The van der Waals surface area contributed by atoms with Crippen molar-refractivity contribution in [3.05, 3.63) is 41.5 Å². The van der Waals surface area contributed by atoms with Crippen LogP contribution in [0, 0.1) is 0 Å². The molecule has 0 radical (unpaired) electrons. The molecule has 0 aliphatic carbocycles. The van der Waals surface area contributed by atoms with Gasteiger partial charge in [0.25, 0.3) is 0 Å². The van der Waals surface area contributed by atoms with Crippen LogP contribution in [0.5, 0.6) is 23.0 Å². The molecule has 2 aliphatic heterocycles. The highest BCUT2D eigenvalue weighted by Crippen LogP contribution is 2.34. The Bertz CT molecular complexity index is 1110. The van der Waals surface area contributed by atoms with Crippen molar-refractivity contribution in [2.45, 2.75) is 38.3 Å². The first-order chi connectivity index (χ1) is 17.5. The number of carbonyl (C=O) groups excluding carboxylic acids is 2. The molecule has 0 saturated carbocycles. The summed E-state index contributed by atoms with van der Waals surface area (Å²) < 4.78 is 21.4. The molecule has 9 heteroatoms. The van der Waals surface area contributed by atoms with Crippen LogP contribution in [-0.4, -0.2) is 75.7 Å². The van der Waals surface area contributed by atoms with E-state index >= 15 is 0 Å². The third-order valence-corrected chi connectivity index (χ3v) is 6.97.